The second-order valence-electron chi connectivity index (χ2n) is 6.42. The Balaban J connectivity index is 1.46. The van der Waals surface area contributed by atoms with Gasteiger partial charge in [0.15, 0.2) is 0 Å². The maximum atomic E-state index is 12.6. The number of rotatable bonds is 5. The monoisotopic (exact) mass is 335 g/mol. The van der Waals surface area contributed by atoms with E-state index in [0.717, 1.165) is 42.6 Å². The fourth-order valence-corrected chi connectivity index (χ4v) is 3.53. The van der Waals surface area contributed by atoms with Gasteiger partial charge in [-0.15, -0.1) is 0 Å². The molecule has 1 N–H and O–H groups in total. The van der Waals surface area contributed by atoms with Crippen LogP contribution < -0.4 is 5.32 Å². The summed E-state index contributed by atoms with van der Waals surface area (Å²) >= 11 is 0. The average Bonchev–Trinajstić information content (AvgIpc) is 3.32. The molecule has 0 bridgehead atoms. The van der Waals surface area contributed by atoms with E-state index in [1.807, 2.05) is 24.4 Å². The van der Waals surface area contributed by atoms with Crippen LogP contribution in [-0.4, -0.2) is 28.4 Å². The molecule has 3 heterocycles. The van der Waals surface area contributed by atoms with E-state index in [0.29, 0.717) is 6.54 Å². The van der Waals surface area contributed by atoms with Crippen LogP contribution in [0.5, 0.6) is 0 Å². The third kappa shape index (κ3) is 3.42. The molecule has 25 heavy (non-hydrogen) atoms. The first kappa shape index (κ1) is 15.8. The minimum atomic E-state index is -0.0890. The van der Waals surface area contributed by atoms with Crippen LogP contribution in [0.15, 0.2) is 59.3 Å². The van der Waals surface area contributed by atoms with Crippen LogP contribution in [0.25, 0.3) is 10.9 Å². The van der Waals surface area contributed by atoms with Gasteiger partial charge in [0.1, 0.15) is 5.76 Å². The fraction of sp³-hybridized carbons (Fsp3) is 0.300. The summed E-state index contributed by atoms with van der Waals surface area (Å²) in [7, 11) is 0. The van der Waals surface area contributed by atoms with Gasteiger partial charge in [0.2, 0.25) is 5.91 Å². The minimum absolute atomic E-state index is 0.0714. The maximum Gasteiger partial charge on any atom is 0.237 e. The number of fused-ring (bicyclic) bond motifs is 1. The number of para-hydroxylation sites is 1. The molecule has 5 nitrogen and oxygen atoms in total. The van der Waals surface area contributed by atoms with Crippen LogP contribution in [0, 0.1) is 0 Å². The third-order valence-electron chi connectivity index (χ3n) is 4.77. The van der Waals surface area contributed by atoms with Gasteiger partial charge in [-0.3, -0.25) is 14.7 Å². The highest BCUT2D eigenvalue weighted by Crippen LogP contribution is 2.23. The van der Waals surface area contributed by atoms with Gasteiger partial charge in [-0.25, -0.2) is 0 Å². The Kier molecular flexibility index (Phi) is 4.48. The minimum Gasteiger partial charge on any atom is -0.467 e. The summed E-state index contributed by atoms with van der Waals surface area (Å²) in [5.41, 5.74) is 2.19. The zero-order chi connectivity index (χ0) is 17.1. The van der Waals surface area contributed by atoms with E-state index in [2.05, 4.69) is 39.5 Å². The third-order valence-corrected chi connectivity index (χ3v) is 4.77. The second-order valence-corrected chi connectivity index (χ2v) is 6.42. The molecule has 1 aromatic carbocycles. The number of carbonyl (C=O) groups excluding carboxylic acids is 1. The van der Waals surface area contributed by atoms with Crippen LogP contribution in [0.2, 0.25) is 0 Å². The number of likely N-dealkylation sites (tertiary alicyclic amines) is 1. The standard InChI is InChI=1S/C20H21N3O2/c24-20(22-13-17-8-4-12-25-17)18-9-3-11-23(18)14-16-6-1-5-15-7-2-10-21-19(15)16/h1-2,4-8,10,12,18H,3,9,11,13-14H2,(H,22,24). The van der Waals surface area contributed by atoms with E-state index in [9.17, 15) is 4.79 Å². The predicted molar refractivity (Wildman–Crippen MR) is 95.7 cm³/mol. The summed E-state index contributed by atoms with van der Waals surface area (Å²) in [6.07, 6.45) is 5.37. The Labute approximate surface area is 146 Å². The van der Waals surface area contributed by atoms with Crippen molar-refractivity contribution in [2.45, 2.75) is 32.0 Å². The molecule has 128 valence electrons. The first-order valence-corrected chi connectivity index (χ1v) is 8.68. The molecule has 3 aromatic rings. The number of nitrogens with one attached hydrogen (secondary N) is 1. The van der Waals surface area contributed by atoms with Crippen molar-refractivity contribution in [1.29, 1.82) is 0 Å². The highest BCUT2D eigenvalue weighted by molar-refractivity contribution is 5.83. The van der Waals surface area contributed by atoms with Gasteiger partial charge in [0.05, 0.1) is 24.4 Å². The van der Waals surface area contributed by atoms with Crippen molar-refractivity contribution in [3.8, 4) is 0 Å². The van der Waals surface area contributed by atoms with Crippen LogP contribution in [0.3, 0.4) is 0 Å². The molecule has 0 radical (unpaired) electrons. The number of aromatic nitrogens is 1. The molecule has 2 aromatic heterocycles. The lowest BCUT2D eigenvalue weighted by atomic mass is 10.1. The van der Waals surface area contributed by atoms with Crippen molar-refractivity contribution in [3.05, 3.63) is 66.2 Å². The fourth-order valence-electron chi connectivity index (χ4n) is 3.53. The lowest BCUT2D eigenvalue weighted by Crippen LogP contribution is -2.42. The number of furan rings is 1. The summed E-state index contributed by atoms with van der Waals surface area (Å²) in [5, 5.41) is 4.13. The Bertz CT molecular complexity index is 855. The van der Waals surface area contributed by atoms with Gasteiger partial charge in [0.25, 0.3) is 0 Å². The predicted octanol–water partition coefficient (Wildman–Crippen LogP) is 3.11. The van der Waals surface area contributed by atoms with Crippen LogP contribution in [0.4, 0.5) is 0 Å². The average molecular weight is 335 g/mol. The summed E-state index contributed by atoms with van der Waals surface area (Å²) in [6, 6.07) is 13.9. The first-order chi connectivity index (χ1) is 12.3. The number of nitrogens with zero attached hydrogens (tertiary/aromatic N) is 2. The van der Waals surface area contributed by atoms with Gasteiger partial charge < -0.3 is 9.73 Å². The van der Waals surface area contributed by atoms with Gasteiger partial charge in [0, 0.05) is 18.1 Å². The molecule has 5 heteroatoms. The van der Waals surface area contributed by atoms with Gasteiger partial charge in [-0.1, -0.05) is 24.3 Å². The van der Waals surface area contributed by atoms with E-state index in [4.69, 9.17) is 4.42 Å². The molecule has 0 saturated carbocycles. The molecule has 1 fully saturated rings. The lowest BCUT2D eigenvalue weighted by Gasteiger charge is -2.24. The smallest absolute Gasteiger partial charge is 0.237 e. The molecular formula is C20H21N3O2. The number of hydrogen-bond acceptors (Lipinski definition) is 4. The number of hydrogen-bond donors (Lipinski definition) is 1. The zero-order valence-corrected chi connectivity index (χ0v) is 14.0. The topological polar surface area (TPSA) is 58.4 Å². The molecule has 1 atom stereocenters. The Morgan fingerprint density at radius 3 is 3.04 bits per heavy atom. The van der Waals surface area contributed by atoms with E-state index < -0.39 is 0 Å². The van der Waals surface area contributed by atoms with Crippen molar-refractivity contribution in [2.75, 3.05) is 6.54 Å². The van der Waals surface area contributed by atoms with Crippen molar-refractivity contribution < 1.29 is 9.21 Å². The number of amides is 1. The maximum absolute atomic E-state index is 12.6. The van der Waals surface area contributed by atoms with Crippen molar-refractivity contribution in [1.82, 2.24) is 15.2 Å². The highest BCUT2D eigenvalue weighted by Gasteiger charge is 2.30. The molecule has 1 unspecified atom stereocenters. The van der Waals surface area contributed by atoms with Crippen molar-refractivity contribution in [3.63, 3.8) is 0 Å². The molecule has 1 aliphatic heterocycles. The van der Waals surface area contributed by atoms with Gasteiger partial charge in [-0.05, 0) is 43.1 Å². The summed E-state index contributed by atoms with van der Waals surface area (Å²) in [6.45, 7) is 2.11. The number of pyridine rings is 1. The van der Waals surface area contributed by atoms with Crippen LogP contribution in [0.1, 0.15) is 24.2 Å². The zero-order valence-electron chi connectivity index (χ0n) is 14.0. The van der Waals surface area contributed by atoms with E-state index >= 15 is 0 Å². The van der Waals surface area contributed by atoms with Crippen molar-refractivity contribution in [2.24, 2.45) is 0 Å². The summed E-state index contributed by atoms with van der Waals surface area (Å²) < 4.78 is 5.28. The first-order valence-electron chi connectivity index (χ1n) is 8.68. The van der Waals surface area contributed by atoms with Gasteiger partial charge in [-0.2, -0.15) is 0 Å². The molecule has 1 amide bonds. The SMILES string of the molecule is O=C(NCc1ccco1)C1CCCN1Cc1cccc2cccnc12. The number of benzene rings is 1. The Hall–Kier alpha value is -2.66. The highest BCUT2D eigenvalue weighted by atomic mass is 16.3. The molecule has 0 spiro atoms. The van der Waals surface area contributed by atoms with Crippen LogP contribution in [-0.2, 0) is 17.9 Å². The van der Waals surface area contributed by atoms with Crippen LogP contribution >= 0.6 is 0 Å². The van der Waals surface area contributed by atoms with Crippen molar-refractivity contribution >= 4 is 16.8 Å². The molecule has 4 rings (SSSR count). The normalized spacial score (nSPS) is 17.8. The molecule has 1 aliphatic rings. The lowest BCUT2D eigenvalue weighted by molar-refractivity contribution is -0.125. The van der Waals surface area contributed by atoms with E-state index in [1.165, 1.54) is 5.56 Å². The quantitative estimate of drug-likeness (QED) is 0.778. The summed E-state index contributed by atoms with van der Waals surface area (Å²) in [5.74, 6) is 0.846. The largest absolute Gasteiger partial charge is 0.467 e. The number of carbonyl (C=O) groups is 1. The molecule has 1 saturated heterocycles. The Morgan fingerprint density at radius 2 is 2.16 bits per heavy atom. The molecule has 0 aliphatic carbocycles. The molecular weight excluding hydrogens is 314 g/mol. The van der Waals surface area contributed by atoms with Gasteiger partial charge >= 0.3 is 0 Å². The summed E-state index contributed by atoms with van der Waals surface area (Å²) in [4.78, 5) is 19.4. The second kappa shape index (κ2) is 7.07. The van der Waals surface area contributed by atoms with E-state index in [-0.39, 0.29) is 11.9 Å². The van der Waals surface area contributed by atoms with E-state index in [1.54, 1.807) is 6.26 Å². The Morgan fingerprint density at radius 1 is 1.24 bits per heavy atom.